The molecule has 2 fully saturated rings. The topological polar surface area (TPSA) is 50.8 Å². The van der Waals surface area contributed by atoms with Crippen LogP contribution in [0.1, 0.15) is 36.3 Å². The maximum Gasteiger partial charge on any atom is 0.430 e. The highest BCUT2D eigenvalue weighted by atomic mass is 19.4. The summed E-state index contributed by atoms with van der Waals surface area (Å²) in [6.45, 7) is 2.11. The molecule has 1 N–H and O–H groups in total. The lowest BCUT2D eigenvalue weighted by Crippen LogP contribution is -2.59. The molecule has 1 unspecified atom stereocenters. The second-order valence-corrected chi connectivity index (χ2v) is 9.15. The van der Waals surface area contributed by atoms with E-state index < -0.39 is 17.7 Å². The average molecular weight is 477 g/mol. The number of piperidine rings is 2. The first-order chi connectivity index (χ1) is 16.3. The Hall–Kier alpha value is -2.58. The van der Waals surface area contributed by atoms with E-state index in [2.05, 4.69) is 11.4 Å². The van der Waals surface area contributed by atoms with E-state index in [4.69, 9.17) is 9.47 Å². The third kappa shape index (κ3) is 4.07. The molecule has 2 saturated heterocycles. The van der Waals surface area contributed by atoms with Crippen LogP contribution in [0.5, 0.6) is 5.75 Å². The Labute approximate surface area is 198 Å². The Morgan fingerprint density at radius 2 is 1.65 bits per heavy atom. The van der Waals surface area contributed by atoms with Gasteiger partial charge in [0.25, 0.3) is 11.5 Å². The van der Waals surface area contributed by atoms with Crippen molar-refractivity contribution in [1.82, 2.24) is 10.2 Å². The number of hydrogen-bond donors (Lipinski definition) is 1. The van der Waals surface area contributed by atoms with Gasteiger partial charge in [-0.15, -0.1) is 0 Å². The van der Waals surface area contributed by atoms with Crippen molar-refractivity contribution in [3.05, 3.63) is 65.7 Å². The molecule has 4 rings (SSSR count). The van der Waals surface area contributed by atoms with Gasteiger partial charge in [0.15, 0.2) is 0 Å². The number of methoxy groups -OCH3 is 2. The number of nitrogens with zero attached hydrogens (tertiary/aromatic N) is 1. The van der Waals surface area contributed by atoms with E-state index >= 15 is 0 Å². The molecule has 184 valence electrons. The number of ether oxygens (including phenoxy) is 2. The number of rotatable bonds is 5. The van der Waals surface area contributed by atoms with Crippen molar-refractivity contribution in [2.45, 2.75) is 37.0 Å². The van der Waals surface area contributed by atoms with Crippen LogP contribution in [0.2, 0.25) is 0 Å². The highest BCUT2D eigenvalue weighted by Gasteiger charge is 2.64. The van der Waals surface area contributed by atoms with Gasteiger partial charge in [0.05, 0.1) is 7.11 Å². The van der Waals surface area contributed by atoms with E-state index in [9.17, 15) is 18.0 Å². The summed E-state index contributed by atoms with van der Waals surface area (Å²) in [6.07, 6.45) is -2.76. The number of amides is 1. The van der Waals surface area contributed by atoms with Gasteiger partial charge in [-0.05, 0) is 42.9 Å². The summed E-state index contributed by atoms with van der Waals surface area (Å²) in [6, 6.07) is 15.1. The third-order valence-corrected chi connectivity index (χ3v) is 7.63. The van der Waals surface area contributed by atoms with E-state index in [1.54, 1.807) is 13.2 Å². The van der Waals surface area contributed by atoms with Crippen LogP contribution in [0.15, 0.2) is 54.6 Å². The molecule has 1 spiro atoms. The normalized spacial score (nSPS) is 22.3. The number of halogens is 3. The molecule has 1 amide bonds. The second-order valence-electron chi connectivity index (χ2n) is 9.15. The summed E-state index contributed by atoms with van der Waals surface area (Å²) in [7, 11) is 2.60. The van der Waals surface area contributed by atoms with Crippen molar-refractivity contribution in [3.8, 4) is 5.75 Å². The van der Waals surface area contributed by atoms with Gasteiger partial charge in [-0.3, -0.25) is 4.79 Å². The first kappa shape index (κ1) is 24.5. The first-order valence-electron chi connectivity index (χ1n) is 11.6. The molecule has 0 bridgehead atoms. The van der Waals surface area contributed by atoms with Crippen molar-refractivity contribution >= 4 is 5.91 Å². The Balaban J connectivity index is 1.61. The molecule has 0 radical (unpaired) electrons. The molecule has 2 aliphatic rings. The molecule has 0 saturated carbocycles. The van der Waals surface area contributed by atoms with Crippen molar-refractivity contribution in [2.75, 3.05) is 40.4 Å². The minimum Gasteiger partial charge on any atom is -0.496 e. The van der Waals surface area contributed by atoms with Crippen LogP contribution in [0.3, 0.4) is 0 Å². The van der Waals surface area contributed by atoms with Gasteiger partial charge in [-0.1, -0.05) is 48.5 Å². The monoisotopic (exact) mass is 476 g/mol. The SMILES string of the molecule is COc1ccccc1[C@H]1CNCCC12CCN(C(=O)C(OC)(c1ccccc1)C(F)(F)F)CC2. The second kappa shape index (κ2) is 9.58. The predicted octanol–water partition coefficient (Wildman–Crippen LogP) is 4.49. The summed E-state index contributed by atoms with van der Waals surface area (Å²) in [5.74, 6) is -0.0847. The van der Waals surface area contributed by atoms with E-state index in [-0.39, 0.29) is 30.0 Å². The highest BCUT2D eigenvalue weighted by molar-refractivity contribution is 5.88. The number of alkyl halides is 3. The third-order valence-electron chi connectivity index (χ3n) is 7.63. The Bertz CT molecular complexity index is 990. The number of para-hydroxylation sites is 1. The van der Waals surface area contributed by atoms with Gasteiger partial charge >= 0.3 is 6.18 Å². The largest absolute Gasteiger partial charge is 0.496 e. The Morgan fingerprint density at radius 1 is 1.00 bits per heavy atom. The van der Waals surface area contributed by atoms with Gasteiger partial charge in [-0.25, -0.2) is 0 Å². The summed E-state index contributed by atoms with van der Waals surface area (Å²) in [5, 5.41) is 3.46. The lowest BCUT2D eigenvalue weighted by Gasteiger charge is -2.51. The zero-order valence-corrected chi connectivity index (χ0v) is 19.5. The quantitative estimate of drug-likeness (QED) is 0.691. The van der Waals surface area contributed by atoms with E-state index in [0.29, 0.717) is 12.8 Å². The molecule has 2 aliphatic heterocycles. The first-order valence-corrected chi connectivity index (χ1v) is 11.6. The molecule has 8 heteroatoms. The Morgan fingerprint density at radius 3 is 2.26 bits per heavy atom. The zero-order chi connectivity index (χ0) is 24.4. The molecule has 0 aromatic heterocycles. The predicted molar refractivity (Wildman–Crippen MR) is 123 cm³/mol. The van der Waals surface area contributed by atoms with Crippen molar-refractivity contribution in [1.29, 1.82) is 0 Å². The van der Waals surface area contributed by atoms with Crippen LogP contribution in [0.25, 0.3) is 0 Å². The molecule has 2 heterocycles. The van der Waals surface area contributed by atoms with E-state index in [1.165, 1.54) is 29.2 Å². The summed E-state index contributed by atoms with van der Waals surface area (Å²) < 4.78 is 53.8. The fourth-order valence-electron chi connectivity index (χ4n) is 5.75. The smallest absolute Gasteiger partial charge is 0.430 e. The highest BCUT2D eigenvalue weighted by Crippen LogP contribution is 2.51. The summed E-state index contributed by atoms with van der Waals surface area (Å²) >= 11 is 0. The molecular weight excluding hydrogens is 445 g/mol. The van der Waals surface area contributed by atoms with E-state index in [1.807, 2.05) is 18.2 Å². The maximum atomic E-state index is 14.4. The number of carbonyl (C=O) groups is 1. The Kier molecular flexibility index (Phi) is 6.92. The number of hydrogen-bond acceptors (Lipinski definition) is 4. The molecule has 34 heavy (non-hydrogen) atoms. The molecule has 2 atom stereocenters. The summed E-state index contributed by atoms with van der Waals surface area (Å²) in [5.41, 5.74) is -2.24. The van der Waals surface area contributed by atoms with Gasteiger partial charge < -0.3 is 19.7 Å². The molecule has 0 aliphatic carbocycles. The number of benzene rings is 2. The summed E-state index contributed by atoms with van der Waals surface area (Å²) in [4.78, 5) is 14.8. The fourth-order valence-corrected chi connectivity index (χ4v) is 5.75. The van der Waals surface area contributed by atoms with Gasteiger partial charge in [0.1, 0.15) is 5.75 Å². The molecule has 2 aromatic rings. The van der Waals surface area contributed by atoms with Crippen molar-refractivity contribution in [3.63, 3.8) is 0 Å². The minimum absolute atomic E-state index is 0.114. The van der Waals surface area contributed by atoms with Gasteiger partial charge in [0.2, 0.25) is 0 Å². The average Bonchev–Trinajstić information content (AvgIpc) is 2.85. The van der Waals surface area contributed by atoms with E-state index in [0.717, 1.165) is 37.9 Å². The van der Waals surface area contributed by atoms with Crippen molar-refractivity contribution < 1.29 is 27.4 Å². The van der Waals surface area contributed by atoms with Gasteiger partial charge in [-0.2, -0.15) is 13.2 Å². The fraction of sp³-hybridized carbons (Fsp3) is 0.500. The molecule has 2 aromatic carbocycles. The molecular formula is C26H31F3N2O3. The van der Waals surface area contributed by atoms with Crippen LogP contribution in [0.4, 0.5) is 13.2 Å². The zero-order valence-electron chi connectivity index (χ0n) is 19.5. The van der Waals surface area contributed by atoms with Gasteiger partial charge in [0, 0.05) is 38.2 Å². The number of nitrogens with one attached hydrogen (secondary N) is 1. The van der Waals surface area contributed by atoms with Crippen LogP contribution < -0.4 is 10.1 Å². The van der Waals surface area contributed by atoms with Crippen molar-refractivity contribution in [2.24, 2.45) is 5.41 Å². The lowest BCUT2D eigenvalue weighted by atomic mass is 9.62. The number of carbonyl (C=O) groups excluding carboxylic acids is 1. The standard InChI is InChI=1S/C26H31F3N2O3/c1-33-22-11-7-6-10-20(22)21-18-30-15-12-24(21)13-16-31(17-14-24)23(32)25(34-2,26(27,28)29)19-8-4-3-5-9-19/h3-11,21,30H,12-18H2,1-2H3/t21-,25?/m1/s1. The van der Waals surface area contributed by atoms with Crippen LogP contribution in [-0.4, -0.2) is 57.4 Å². The molecule has 5 nitrogen and oxygen atoms in total. The van der Waals surface area contributed by atoms with Crippen LogP contribution in [-0.2, 0) is 15.1 Å². The number of likely N-dealkylation sites (tertiary alicyclic amines) is 1. The van der Waals surface area contributed by atoms with Crippen LogP contribution in [0, 0.1) is 5.41 Å². The lowest BCUT2D eigenvalue weighted by molar-refractivity contribution is -0.271. The maximum absolute atomic E-state index is 14.4. The minimum atomic E-state index is -4.90. The van der Waals surface area contributed by atoms with Crippen LogP contribution >= 0.6 is 0 Å².